The average Bonchev–Trinajstić information content (AvgIpc) is 2.71. The van der Waals surface area contributed by atoms with Crippen LogP contribution in [0.2, 0.25) is 0 Å². The quantitative estimate of drug-likeness (QED) is 0.411. The fourth-order valence-electron chi connectivity index (χ4n) is 2.68. The summed E-state index contributed by atoms with van der Waals surface area (Å²) in [5.41, 5.74) is 0.529. The number of rotatable bonds is 6. The van der Waals surface area contributed by atoms with Crippen LogP contribution < -0.4 is 19.7 Å². The van der Waals surface area contributed by atoms with Crippen LogP contribution in [0.1, 0.15) is 5.56 Å². The summed E-state index contributed by atoms with van der Waals surface area (Å²) in [6.45, 7) is -0.554. The third kappa shape index (κ3) is 4.44. The molecule has 0 radical (unpaired) electrons. The van der Waals surface area contributed by atoms with Crippen LogP contribution in [0.5, 0.6) is 11.5 Å². The van der Waals surface area contributed by atoms with Gasteiger partial charge in [-0.1, -0.05) is 6.07 Å². The summed E-state index contributed by atoms with van der Waals surface area (Å²) in [5.74, 6) is -2.58. The molecule has 1 fully saturated rings. The van der Waals surface area contributed by atoms with Gasteiger partial charge in [0.05, 0.1) is 12.8 Å². The highest BCUT2D eigenvalue weighted by Gasteiger charge is 2.34. The summed E-state index contributed by atoms with van der Waals surface area (Å²) in [6, 6.07) is 9.56. The van der Waals surface area contributed by atoms with Crippen molar-refractivity contribution >= 4 is 46.9 Å². The highest BCUT2D eigenvalue weighted by molar-refractivity contribution is 7.80. The Balaban J connectivity index is 1.94. The molecule has 0 aromatic heterocycles. The maximum atomic E-state index is 13.2. The van der Waals surface area contributed by atoms with Gasteiger partial charge in [-0.25, -0.2) is 9.18 Å². The molecule has 10 heteroatoms. The molecule has 1 aliphatic heterocycles. The van der Waals surface area contributed by atoms with E-state index in [0.717, 1.165) is 4.90 Å². The van der Waals surface area contributed by atoms with Gasteiger partial charge in [0, 0.05) is 0 Å². The summed E-state index contributed by atoms with van der Waals surface area (Å²) < 4.78 is 23.5. The molecule has 3 rings (SSSR count). The average molecular weight is 430 g/mol. The predicted octanol–water partition coefficient (Wildman–Crippen LogP) is 2.13. The number of halogens is 1. The number of hydrogen-bond acceptors (Lipinski definition) is 6. The zero-order valence-corrected chi connectivity index (χ0v) is 16.4. The normalized spacial score (nSPS) is 15.2. The first-order valence-corrected chi connectivity index (χ1v) is 8.90. The smallest absolute Gasteiger partial charge is 0.341 e. The Hall–Kier alpha value is -3.79. The molecule has 1 aliphatic rings. The van der Waals surface area contributed by atoms with Gasteiger partial charge in [-0.3, -0.25) is 19.8 Å². The zero-order valence-electron chi connectivity index (χ0n) is 15.5. The number of anilines is 1. The third-order valence-corrected chi connectivity index (χ3v) is 4.32. The van der Waals surface area contributed by atoms with Gasteiger partial charge < -0.3 is 14.6 Å². The lowest BCUT2D eigenvalue weighted by Crippen LogP contribution is -2.54. The molecule has 2 aromatic carbocycles. The van der Waals surface area contributed by atoms with Gasteiger partial charge in [-0.2, -0.15) is 0 Å². The lowest BCUT2D eigenvalue weighted by atomic mass is 10.1. The van der Waals surface area contributed by atoms with E-state index in [1.807, 2.05) is 0 Å². The molecule has 2 amide bonds. The number of carboxylic acids is 1. The number of nitrogens with zero attached hydrogens (tertiary/aromatic N) is 1. The van der Waals surface area contributed by atoms with Crippen molar-refractivity contribution in [2.75, 3.05) is 18.6 Å². The van der Waals surface area contributed by atoms with E-state index in [0.29, 0.717) is 11.3 Å². The number of amides is 2. The van der Waals surface area contributed by atoms with Gasteiger partial charge in [0.2, 0.25) is 0 Å². The molecule has 2 aromatic rings. The number of carbonyl (C=O) groups excluding carboxylic acids is 2. The van der Waals surface area contributed by atoms with Crippen molar-refractivity contribution in [1.82, 2.24) is 5.32 Å². The Labute approximate surface area is 175 Å². The molecular weight excluding hydrogens is 415 g/mol. The van der Waals surface area contributed by atoms with Crippen LogP contribution in [0.15, 0.2) is 48.0 Å². The minimum Gasteiger partial charge on any atom is -0.493 e. The highest BCUT2D eigenvalue weighted by Crippen LogP contribution is 2.30. The van der Waals surface area contributed by atoms with Gasteiger partial charge in [-0.15, -0.1) is 0 Å². The molecule has 2 N–H and O–H groups in total. The summed E-state index contributed by atoms with van der Waals surface area (Å²) >= 11 is 5.09. The molecule has 0 bridgehead atoms. The number of methoxy groups -OCH3 is 1. The van der Waals surface area contributed by atoms with Crippen LogP contribution in [0.25, 0.3) is 6.08 Å². The molecule has 1 heterocycles. The molecule has 0 unspecified atom stereocenters. The first-order valence-electron chi connectivity index (χ1n) is 8.50. The Kier molecular flexibility index (Phi) is 6.07. The van der Waals surface area contributed by atoms with Crippen LogP contribution >= 0.6 is 12.2 Å². The standard InChI is InChI=1S/C20H15FN2O6S/c1-28-16-9-11(2-7-15(16)29-10-17(24)25)8-14-18(26)22-20(30)23(19(14)27)13-5-3-12(21)4-6-13/h2-9H,10H2,1H3,(H,24,25)(H,22,26,30)/b14-8-. The van der Waals surface area contributed by atoms with Crippen molar-refractivity contribution in [3.63, 3.8) is 0 Å². The van der Waals surface area contributed by atoms with Crippen molar-refractivity contribution in [3.05, 3.63) is 59.4 Å². The van der Waals surface area contributed by atoms with Crippen LogP contribution in [0, 0.1) is 5.82 Å². The van der Waals surface area contributed by atoms with E-state index >= 15 is 0 Å². The Morgan fingerprint density at radius 3 is 2.53 bits per heavy atom. The Morgan fingerprint density at radius 2 is 1.90 bits per heavy atom. The second kappa shape index (κ2) is 8.70. The summed E-state index contributed by atoms with van der Waals surface area (Å²) in [6.07, 6.45) is 1.33. The van der Waals surface area contributed by atoms with Crippen molar-refractivity contribution in [2.24, 2.45) is 0 Å². The largest absolute Gasteiger partial charge is 0.493 e. The van der Waals surface area contributed by atoms with E-state index in [1.165, 1.54) is 55.7 Å². The molecule has 1 saturated heterocycles. The number of carboxylic acid groups (broad SMARTS) is 1. The van der Waals surface area contributed by atoms with Crippen LogP contribution in [0.4, 0.5) is 10.1 Å². The molecule has 0 spiro atoms. The molecule has 30 heavy (non-hydrogen) atoms. The minimum absolute atomic E-state index is 0.122. The van der Waals surface area contributed by atoms with Crippen LogP contribution in [-0.4, -0.2) is 41.7 Å². The van der Waals surface area contributed by atoms with E-state index in [1.54, 1.807) is 0 Å². The number of nitrogens with one attached hydrogen (secondary N) is 1. The van der Waals surface area contributed by atoms with Crippen molar-refractivity contribution < 1.29 is 33.4 Å². The summed E-state index contributed by atoms with van der Waals surface area (Å²) in [5, 5.41) is 11.0. The van der Waals surface area contributed by atoms with E-state index < -0.39 is 30.2 Å². The lowest BCUT2D eigenvalue weighted by molar-refractivity contribution is -0.139. The Morgan fingerprint density at radius 1 is 1.20 bits per heavy atom. The van der Waals surface area contributed by atoms with E-state index in [-0.39, 0.29) is 22.2 Å². The molecule has 154 valence electrons. The second-order valence-electron chi connectivity index (χ2n) is 6.03. The van der Waals surface area contributed by atoms with Gasteiger partial charge in [0.25, 0.3) is 11.8 Å². The monoisotopic (exact) mass is 430 g/mol. The SMILES string of the molecule is COc1cc(/C=C2/C(=O)NC(=S)N(c3ccc(F)cc3)C2=O)ccc1OCC(=O)O. The first-order chi connectivity index (χ1) is 14.3. The summed E-state index contributed by atoms with van der Waals surface area (Å²) in [4.78, 5) is 37.0. The fourth-order valence-corrected chi connectivity index (χ4v) is 2.96. The first kappa shape index (κ1) is 20.9. The minimum atomic E-state index is -1.15. The number of hydrogen-bond donors (Lipinski definition) is 2. The van der Waals surface area contributed by atoms with Crippen LogP contribution in [0.3, 0.4) is 0 Å². The second-order valence-corrected chi connectivity index (χ2v) is 6.41. The molecule has 8 nitrogen and oxygen atoms in total. The molecule has 0 atom stereocenters. The van der Waals surface area contributed by atoms with Crippen molar-refractivity contribution in [3.8, 4) is 11.5 Å². The molecular formula is C20H15FN2O6S. The van der Waals surface area contributed by atoms with E-state index in [4.69, 9.17) is 26.8 Å². The van der Waals surface area contributed by atoms with Gasteiger partial charge in [-0.05, 0) is 60.3 Å². The topological polar surface area (TPSA) is 105 Å². The highest BCUT2D eigenvalue weighted by atomic mass is 32.1. The van der Waals surface area contributed by atoms with Gasteiger partial charge >= 0.3 is 5.97 Å². The zero-order chi connectivity index (χ0) is 21.8. The van der Waals surface area contributed by atoms with E-state index in [9.17, 15) is 18.8 Å². The van der Waals surface area contributed by atoms with Crippen LogP contribution in [-0.2, 0) is 14.4 Å². The predicted molar refractivity (Wildman–Crippen MR) is 109 cm³/mol. The molecule has 0 aliphatic carbocycles. The van der Waals surface area contributed by atoms with Crippen molar-refractivity contribution in [1.29, 1.82) is 0 Å². The lowest BCUT2D eigenvalue weighted by Gasteiger charge is -2.28. The summed E-state index contributed by atoms with van der Waals surface area (Å²) in [7, 11) is 1.37. The number of ether oxygens (including phenoxy) is 2. The maximum Gasteiger partial charge on any atom is 0.341 e. The third-order valence-electron chi connectivity index (χ3n) is 4.04. The molecule has 0 saturated carbocycles. The number of carbonyl (C=O) groups is 3. The van der Waals surface area contributed by atoms with Gasteiger partial charge in [0.1, 0.15) is 11.4 Å². The maximum absolute atomic E-state index is 13.2. The van der Waals surface area contributed by atoms with E-state index in [2.05, 4.69) is 5.32 Å². The number of aliphatic carboxylic acids is 1. The van der Waals surface area contributed by atoms with Crippen molar-refractivity contribution in [2.45, 2.75) is 0 Å². The Bertz CT molecular complexity index is 1070. The number of benzene rings is 2. The van der Waals surface area contributed by atoms with Gasteiger partial charge in [0.15, 0.2) is 23.2 Å². The fraction of sp³-hybridized carbons (Fsp3) is 0.100. The number of thiocarbonyl (C=S) groups is 1.